The summed E-state index contributed by atoms with van der Waals surface area (Å²) in [4.78, 5) is 50.5. The molecular weight excluding hydrogens is 599 g/mol. The topological polar surface area (TPSA) is 120 Å². The van der Waals surface area contributed by atoms with E-state index in [0.29, 0.717) is 72.7 Å². The van der Waals surface area contributed by atoms with E-state index < -0.39 is 18.0 Å². The number of H-pyrrole nitrogens is 1. The molecule has 242 valence electrons. The molecule has 2 aromatic rings. The number of amides is 4. The number of methoxy groups -OCH3 is 1. The SMILES string of the molecule is C\C=C/C(Cl)=C(F)\C(=C(/C)CC)[C@H]1CCN(C2CCCC(C)C(=O)Nc3cc(NC(=O)OC)ccc3-c3c[nH]c2n3)C(=O)N1C. The van der Waals surface area contributed by atoms with E-state index in [1.165, 1.54) is 13.2 Å². The Bertz CT molecular complexity index is 1530. The summed E-state index contributed by atoms with van der Waals surface area (Å²) in [6.07, 6.45) is 7.29. The maximum atomic E-state index is 15.7. The van der Waals surface area contributed by atoms with E-state index in [2.05, 4.69) is 15.6 Å². The third kappa shape index (κ3) is 7.41. The molecule has 2 bridgehead atoms. The quantitative estimate of drug-likeness (QED) is 0.277. The monoisotopic (exact) mass is 640 g/mol. The molecule has 3 N–H and O–H groups in total. The van der Waals surface area contributed by atoms with E-state index in [-0.39, 0.29) is 28.9 Å². The Morgan fingerprint density at radius 1 is 1.27 bits per heavy atom. The third-order valence-electron chi connectivity index (χ3n) is 8.58. The molecule has 45 heavy (non-hydrogen) atoms. The molecule has 1 aromatic heterocycles. The first kappa shape index (κ1) is 33.8. The summed E-state index contributed by atoms with van der Waals surface area (Å²) < 4.78 is 20.4. The molecule has 2 unspecified atom stereocenters. The van der Waals surface area contributed by atoms with Crippen LogP contribution in [-0.2, 0) is 9.53 Å². The summed E-state index contributed by atoms with van der Waals surface area (Å²) in [6.45, 7) is 7.86. The second-order valence-corrected chi connectivity index (χ2v) is 11.9. The van der Waals surface area contributed by atoms with Crippen LogP contribution in [0.1, 0.15) is 71.7 Å². The van der Waals surface area contributed by atoms with Crippen molar-refractivity contribution in [3.8, 4) is 11.3 Å². The van der Waals surface area contributed by atoms with Crippen LogP contribution < -0.4 is 10.6 Å². The lowest BCUT2D eigenvalue weighted by atomic mass is 9.92. The zero-order chi connectivity index (χ0) is 32.8. The van der Waals surface area contributed by atoms with Crippen molar-refractivity contribution >= 4 is 41.0 Å². The average Bonchev–Trinajstić information content (AvgIpc) is 3.51. The minimum absolute atomic E-state index is 0.0117. The normalized spacial score (nSPS) is 22.1. The van der Waals surface area contributed by atoms with Crippen molar-refractivity contribution in [3.63, 3.8) is 0 Å². The maximum Gasteiger partial charge on any atom is 0.411 e. The Morgan fingerprint density at radius 2 is 2.02 bits per heavy atom. The molecule has 3 heterocycles. The van der Waals surface area contributed by atoms with Crippen LogP contribution in [0.4, 0.5) is 25.4 Å². The van der Waals surface area contributed by atoms with Gasteiger partial charge >= 0.3 is 12.1 Å². The largest absolute Gasteiger partial charge is 0.453 e. The average molecular weight is 641 g/mol. The van der Waals surface area contributed by atoms with Gasteiger partial charge in [0.05, 0.1) is 35.6 Å². The Balaban J connectivity index is 1.69. The molecule has 0 saturated carbocycles. The van der Waals surface area contributed by atoms with Crippen LogP contribution in [0, 0.1) is 5.92 Å². The van der Waals surface area contributed by atoms with Crippen molar-refractivity contribution < 1.29 is 23.5 Å². The van der Waals surface area contributed by atoms with Crippen LogP contribution in [0.2, 0.25) is 0 Å². The number of benzene rings is 1. The number of imidazole rings is 1. The molecule has 4 rings (SSSR count). The standard InChI is InChI=1S/C33H42ClFN6O4/c1-7-10-23(34)29(35)28(19(3)8-2)26-15-16-41(33(44)40(26)5)27-12-9-11-20(4)31(42)39-24-17-21(37-32(43)45-6)13-14-22(24)25-18-36-30(27)38-25/h7,10,13-14,17-18,20,26-27H,8-9,11-12,15-16H2,1-6H3,(H,36,38)(H,37,43)(H,39,42)/b10-7-,28-19+,29-23-/t20?,26-,27?/m1/s1. The number of hydrogen-bond acceptors (Lipinski definition) is 5. The first-order valence-electron chi connectivity index (χ1n) is 15.3. The molecule has 3 atom stereocenters. The van der Waals surface area contributed by atoms with Crippen LogP contribution in [0.5, 0.6) is 0 Å². The number of ether oxygens (including phenoxy) is 1. The number of nitrogens with zero attached hydrogens (tertiary/aromatic N) is 3. The Kier molecular flexibility index (Phi) is 11.1. The minimum atomic E-state index is -0.627. The molecule has 0 radical (unpaired) electrons. The zero-order valence-electron chi connectivity index (χ0n) is 26.7. The fourth-order valence-electron chi connectivity index (χ4n) is 5.88. The summed E-state index contributed by atoms with van der Waals surface area (Å²) in [7, 11) is 2.97. The van der Waals surface area contributed by atoms with Gasteiger partial charge in [-0.25, -0.2) is 19.0 Å². The first-order chi connectivity index (χ1) is 21.5. The second kappa shape index (κ2) is 14.8. The lowest BCUT2D eigenvalue weighted by Gasteiger charge is -2.43. The number of carbonyl (C=O) groups excluding carboxylic acids is 3. The number of rotatable bonds is 6. The smallest absolute Gasteiger partial charge is 0.411 e. The van der Waals surface area contributed by atoms with Crippen molar-refractivity contribution in [1.82, 2.24) is 19.8 Å². The van der Waals surface area contributed by atoms with Crippen molar-refractivity contribution in [3.05, 3.63) is 64.4 Å². The number of halogens is 2. The summed E-state index contributed by atoms with van der Waals surface area (Å²) in [5, 5.41) is 5.63. The fourth-order valence-corrected chi connectivity index (χ4v) is 6.11. The van der Waals surface area contributed by atoms with Crippen LogP contribution >= 0.6 is 11.6 Å². The zero-order valence-corrected chi connectivity index (χ0v) is 27.4. The van der Waals surface area contributed by atoms with Gasteiger partial charge in [0, 0.05) is 42.5 Å². The molecule has 1 saturated heterocycles. The predicted octanol–water partition coefficient (Wildman–Crippen LogP) is 7.90. The lowest BCUT2D eigenvalue weighted by molar-refractivity contribution is -0.119. The number of aromatic amines is 1. The Hall–Kier alpha value is -4.12. The Morgan fingerprint density at radius 3 is 2.71 bits per heavy atom. The van der Waals surface area contributed by atoms with Gasteiger partial charge in [0.2, 0.25) is 5.91 Å². The van der Waals surface area contributed by atoms with Crippen LogP contribution in [-0.4, -0.2) is 64.5 Å². The number of carbonyl (C=O) groups is 3. The second-order valence-electron chi connectivity index (χ2n) is 11.5. The highest BCUT2D eigenvalue weighted by molar-refractivity contribution is 6.31. The van der Waals surface area contributed by atoms with E-state index in [4.69, 9.17) is 21.3 Å². The molecule has 2 aliphatic heterocycles. The number of urea groups is 1. The van der Waals surface area contributed by atoms with Gasteiger partial charge < -0.3 is 24.8 Å². The molecule has 0 spiro atoms. The van der Waals surface area contributed by atoms with E-state index in [1.54, 1.807) is 54.2 Å². The molecule has 4 amide bonds. The number of aromatic nitrogens is 2. The Labute approximate surface area is 268 Å². The third-order valence-corrected chi connectivity index (χ3v) is 8.87. The van der Waals surface area contributed by atoms with Crippen LogP contribution in [0.25, 0.3) is 11.3 Å². The molecule has 2 aliphatic rings. The van der Waals surface area contributed by atoms with E-state index in [9.17, 15) is 14.4 Å². The first-order valence-corrected chi connectivity index (χ1v) is 15.6. The molecule has 12 heteroatoms. The minimum Gasteiger partial charge on any atom is -0.453 e. The van der Waals surface area contributed by atoms with Crippen LogP contribution in [0.15, 0.2) is 58.6 Å². The number of hydrogen-bond donors (Lipinski definition) is 3. The van der Waals surface area contributed by atoms with E-state index in [1.807, 2.05) is 20.8 Å². The van der Waals surface area contributed by atoms with Gasteiger partial charge in [-0.1, -0.05) is 43.5 Å². The van der Waals surface area contributed by atoms with Crippen molar-refractivity contribution in [2.75, 3.05) is 31.3 Å². The van der Waals surface area contributed by atoms with Crippen molar-refractivity contribution in [2.24, 2.45) is 5.92 Å². The van der Waals surface area contributed by atoms with Gasteiger partial charge in [0.15, 0.2) is 0 Å². The van der Waals surface area contributed by atoms with Gasteiger partial charge in [0.25, 0.3) is 0 Å². The van der Waals surface area contributed by atoms with Gasteiger partial charge in [-0.15, -0.1) is 0 Å². The van der Waals surface area contributed by atoms with Crippen molar-refractivity contribution in [2.45, 2.75) is 71.9 Å². The summed E-state index contributed by atoms with van der Waals surface area (Å²) in [6, 6.07) is 4.03. The maximum absolute atomic E-state index is 15.7. The highest BCUT2D eigenvalue weighted by Crippen LogP contribution is 2.38. The summed E-state index contributed by atoms with van der Waals surface area (Å²) in [5.74, 6) is -0.352. The van der Waals surface area contributed by atoms with E-state index >= 15 is 4.39 Å². The van der Waals surface area contributed by atoms with Gasteiger partial charge in [-0.05, 0) is 63.8 Å². The van der Waals surface area contributed by atoms with Gasteiger partial charge in [-0.3, -0.25) is 10.1 Å². The van der Waals surface area contributed by atoms with Crippen molar-refractivity contribution in [1.29, 1.82) is 0 Å². The molecule has 1 aromatic carbocycles. The fraction of sp³-hybridized carbons (Fsp3) is 0.455. The predicted molar refractivity (Wildman–Crippen MR) is 174 cm³/mol. The number of fused-ring (bicyclic) bond motifs is 4. The van der Waals surface area contributed by atoms with Gasteiger partial charge in [-0.2, -0.15) is 0 Å². The number of allylic oxidation sites excluding steroid dienone is 4. The number of anilines is 2. The highest BCUT2D eigenvalue weighted by atomic mass is 35.5. The number of nitrogens with one attached hydrogen (secondary N) is 3. The molecule has 1 fully saturated rings. The summed E-state index contributed by atoms with van der Waals surface area (Å²) >= 11 is 6.29. The van der Waals surface area contributed by atoms with Crippen LogP contribution in [0.3, 0.4) is 0 Å². The number of likely N-dealkylation sites (N-methyl/N-ethyl adjacent to an activating group) is 1. The van der Waals surface area contributed by atoms with E-state index in [0.717, 1.165) is 5.57 Å². The van der Waals surface area contributed by atoms with Gasteiger partial charge in [0.1, 0.15) is 11.7 Å². The molecular formula is C33H42ClFN6O4. The highest BCUT2D eigenvalue weighted by Gasteiger charge is 2.39. The summed E-state index contributed by atoms with van der Waals surface area (Å²) in [5.41, 5.74) is 3.47. The molecule has 10 nitrogen and oxygen atoms in total. The molecule has 0 aliphatic carbocycles. The lowest BCUT2D eigenvalue weighted by Crippen LogP contribution is -2.54.